The number of rotatable bonds is 2. The Labute approximate surface area is 162 Å². The van der Waals surface area contributed by atoms with Crippen LogP contribution in [0.4, 0.5) is 0 Å². The van der Waals surface area contributed by atoms with Crippen LogP contribution >= 0.6 is 0 Å². The zero-order chi connectivity index (χ0) is 19.2. The predicted molar refractivity (Wildman–Crippen MR) is 101 cm³/mol. The van der Waals surface area contributed by atoms with Crippen LogP contribution in [0.15, 0.2) is 11.6 Å². The van der Waals surface area contributed by atoms with Gasteiger partial charge in [-0.05, 0) is 68.6 Å². The van der Waals surface area contributed by atoms with Gasteiger partial charge >= 0.3 is 5.97 Å². The molecular formula is C23H32O4. The van der Waals surface area contributed by atoms with E-state index < -0.39 is 5.60 Å². The van der Waals surface area contributed by atoms with Crippen molar-refractivity contribution in [1.29, 1.82) is 0 Å². The number of allylic oxidation sites excluding steroid dienone is 1. The second-order valence-electron chi connectivity index (χ2n) is 10.4. The van der Waals surface area contributed by atoms with Crippen LogP contribution in [0.1, 0.15) is 72.6 Å². The normalized spacial score (nSPS) is 52.6. The van der Waals surface area contributed by atoms with Crippen molar-refractivity contribution >= 4 is 11.8 Å². The fourth-order valence-corrected chi connectivity index (χ4v) is 7.76. The van der Waals surface area contributed by atoms with Crippen LogP contribution in [0.5, 0.6) is 0 Å². The van der Waals surface area contributed by atoms with Gasteiger partial charge in [0.25, 0.3) is 0 Å². The summed E-state index contributed by atoms with van der Waals surface area (Å²) in [6.45, 7) is 8.07. The number of epoxide rings is 1. The fourth-order valence-electron chi connectivity index (χ4n) is 7.76. The average Bonchev–Trinajstić information content (AvgIpc) is 3.28. The van der Waals surface area contributed by atoms with Gasteiger partial charge in [0.1, 0.15) is 12.2 Å². The molecule has 0 aromatic carbocycles. The van der Waals surface area contributed by atoms with E-state index in [0.717, 1.165) is 32.1 Å². The van der Waals surface area contributed by atoms with E-state index in [1.165, 1.54) is 25.3 Å². The Hall–Kier alpha value is -1.16. The summed E-state index contributed by atoms with van der Waals surface area (Å²) < 4.78 is 11.6. The molecule has 5 rings (SSSR count). The number of hydrogen-bond acceptors (Lipinski definition) is 4. The first-order valence-corrected chi connectivity index (χ1v) is 10.8. The molecule has 1 heterocycles. The molecule has 3 saturated carbocycles. The molecule has 27 heavy (non-hydrogen) atoms. The first-order chi connectivity index (χ1) is 12.7. The van der Waals surface area contributed by atoms with Crippen LogP contribution in [0.3, 0.4) is 0 Å². The third-order valence-corrected chi connectivity index (χ3v) is 9.24. The van der Waals surface area contributed by atoms with E-state index in [-0.39, 0.29) is 34.8 Å². The number of ether oxygens (including phenoxy) is 2. The van der Waals surface area contributed by atoms with E-state index in [1.54, 1.807) is 6.92 Å². The summed E-state index contributed by atoms with van der Waals surface area (Å²) in [4.78, 5) is 23.7. The van der Waals surface area contributed by atoms with Gasteiger partial charge < -0.3 is 9.47 Å². The van der Waals surface area contributed by atoms with Crippen molar-refractivity contribution in [2.75, 3.05) is 0 Å². The van der Waals surface area contributed by atoms with Gasteiger partial charge in [0.2, 0.25) is 0 Å². The molecule has 0 bridgehead atoms. The molecule has 1 aliphatic heterocycles. The van der Waals surface area contributed by atoms with E-state index in [4.69, 9.17) is 9.47 Å². The molecule has 0 amide bonds. The Balaban J connectivity index is 1.42. The van der Waals surface area contributed by atoms with Crippen LogP contribution in [0, 0.1) is 28.6 Å². The van der Waals surface area contributed by atoms with Crippen molar-refractivity contribution in [1.82, 2.24) is 0 Å². The van der Waals surface area contributed by atoms with Gasteiger partial charge in [0, 0.05) is 18.8 Å². The molecule has 0 radical (unpaired) electrons. The molecule has 0 aromatic rings. The lowest BCUT2D eigenvalue weighted by atomic mass is 9.48. The molecule has 1 saturated heterocycles. The maximum absolute atomic E-state index is 12.3. The first kappa shape index (κ1) is 17.9. The van der Waals surface area contributed by atoms with Gasteiger partial charge in [-0.1, -0.05) is 25.5 Å². The van der Waals surface area contributed by atoms with Gasteiger partial charge in [-0.25, -0.2) is 0 Å². The monoisotopic (exact) mass is 372 g/mol. The third kappa shape index (κ3) is 2.25. The van der Waals surface area contributed by atoms with Crippen molar-refractivity contribution in [3.8, 4) is 0 Å². The van der Waals surface area contributed by atoms with Crippen molar-refractivity contribution in [3.63, 3.8) is 0 Å². The highest BCUT2D eigenvalue weighted by atomic mass is 16.6. The summed E-state index contributed by atoms with van der Waals surface area (Å²) in [6.07, 6.45) is 10.1. The molecule has 0 aromatic heterocycles. The molecule has 0 spiro atoms. The standard InChI is InChI=1S/C23H32O4/c1-13(24)23-12-19-17-6-5-15-11-16(26-14(2)25)7-9-21(15,3)18(17)8-10-22(19,4)20(23)27-23/h5,16-20H,6-12H2,1-4H3/t16-,17-,18+,19+,20+,21-,22-,23+/m1/s1. The van der Waals surface area contributed by atoms with Crippen molar-refractivity contribution in [2.24, 2.45) is 28.6 Å². The maximum Gasteiger partial charge on any atom is 0.302 e. The van der Waals surface area contributed by atoms with Crippen LogP contribution in [-0.4, -0.2) is 29.6 Å². The molecule has 0 N–H and O–H groups in total. The lowest BCUT2D eigenvalue weighted by molar-refractivity contribution is -0.148. The van der Waals surface area contributed by atoms with Crippen LogP contribution in [0.2, 0.25) is 0 Å². The van der Waals surface area contributed by atoms with E-state index in [9.17, 15) is 9.59 Å². The zero-order valence-electron chi connectivity index (χ0n) is 17.0. The second kappa shape index (κ2) is 5.46. The number of fused-ring (bicyclic) bond motifs is 7. The zero-order valence-corrected chi connectivity index (χ0v) is 17.0. The number of carbonyl (C=O) groups is 2. The molecule has 8 atom stereocenters. The Morgan fingerprint density at radius 1 is 1.15 bits per heavy atom. The summed E-state index contributed by atoms with van der Waals surface area (Å²) >= 11 is 0. The Bertz CT molecular complexity index is 741. The van der Waals surface area contributed by atoms with E-state index in [2.05, 4.69) is 19.9 Å². The van der Waals surface area contributed by atoms with Gasteiger partial charge in [0.05, 0.1) is 0 Å². The van der Waals surface area contributed by atoms with Crippen molar-refractivity contribution in [3.05, 3.63) is 11.6 Å². The number of Topliss-reactive ketones (excluding diaryl/α,β-unsaturated/α-hetero) is 1. The predicted octanol–water partition coefficient (Wildman–Crippen LogP) is 4.22. The van der Waals surface area contributed by atoms with Gasteiger partial charge in [-0.2, -0.15) is 0 Å². The average molecular weight is 373 g/mol. The smallest absolute Gasteiger partial charge is 0.302 e. The summed E-state index contributed by atoms with van der Waals surface area (Å²) in [5.74, 6) is 2.02. The lowest BCUT2D eigenvalue weighted by Crippen LogP contribution is -2.51. The van der Waals surface area contributed by atoms with E-state index in [1.807, 2.05) is 0 Å². The Morgan fingerprint density at radius 3 is 2.63 bits per heavy atom. The number of hydrogen-bond donors (Lipinski definition) is 0. The molecule has 4 heteroatoms. The van der Waals surface area contributed by atoms with Gasteiger partial charge in [-0.3, -0.25) is 9.59 Å². The molecule has 148 valence electrons. The second-order valence-corrected chi connectivity index (χ2v) is 10.4. The maximum atomic E-state index is 12.3. The van der Waals surface area contributed by atoms with Crippen molar-refractivity contribution < 1.29 is 19.1 Å². The molecular weight excluding hydrogens is 340 g/mol. The van der Waals surface area contributed by atoms with Crippen LogP contribution in [0.25, 0.3) is 0 Å². The molecule has 0 unspecified atom stereocenters. The molecule has 5 aliphatic rings. The Morgan fingerprint density at radius 2 is 1.93 bits per heavy atom. The quantitative estimate of drug-likeness (QED) is 0.414. The molecule has 4 nitrogen and oxygen atoms in total. The highest BCUT2D eigenvalue weighted by Gasteiger charge is 2.77. The van der Waals surface area contributed by atoms with Crippen LogP contribution < -0.4 is 0 Å². The fraction of sp³-hybridized carbons (Fsp3) is 0.826. The van der Waals surface area contributed by atoms with E-state index in [0.29, 0.717) is 17.8 Å². The number of ketones is 1. The van der Waals surface area contributed by atoms with Crippen molar-refractivity contribution in [2.45, 2.75) is 90.4 Å². The highest BCUT2D eigenvalue weighted by Crippen LogP contribution is 2.72. The number of esters is 1. The number of carbonyl (C=O) groups excluding carboxylic acids is 2. The minimum atomic E-state index is -0.452. The Kier molecular flexibility index (Phi) is 3.62. The van der Waals surface area contributed by atoms with Gasteiger partial charge in [0.15, 0.2) is 11.4 Å². The minimum absolute atomic E-state index is 0.0562. The molecule has 4 fully saturated rings. The topological polar surface area (TPSA) is 55.9 Å². The summed E-state index contributed by atoms with van der Waals surface area (Å²) in [5, 5.41) is 0. The highest BCUT2D eigenvalue weighted by molar-refractivity contribution is 5.89. The summed E-state index contributed by atoms with van der Waals surface area (Å²) in [5.41, 5.74) is 1.47. The van der Waals surface area contributed by atoms with Crippen LogP contribution in [-0.2, 0) is 19.1 Å². The largest absolute Gasteiger partial charge is 0.462 e. The SMILES string of the molecule is CC(=O)O[C@@H]1CC[C@]2(C)C(=CC[C@H]3[C@@H]4C[C@@]5(C(C)=O)O[C@H]5[C@]4(C)CC[C@@H]32)C1. The molecule has 4 aliphatic carbocycles. The summed E-state index contributed by atoms with van der Waals surface area (Å²) in [6, 6.07) is 0. The van der Waals surface area contributed by atoms with E-state index >= 15 is 0 Å². The summed E-state index contributed by atoms with van der Waals surface area (Å²) in [7, 11) is 0. The lowest BCUT2D eigenvalue weighted by Gasteiger charge is -2.57. The minimum Gasteiger partial charge on any atom is -0.462 e. The first-order valence-electron chi connectivity index (χ1n) is 10.8. The third-order valence-electron chi connectivity index (χ3n) is 9.24. The van der Waals surface area contributed by atoms with Gasteiger partial charge in [-0.15, -0.1) is 0 Å².